The third-order valence-electron chi connectivity index (χ3n) is 4.21. The highest BCUT2D eigenvalue weighted by Crippen LogP contribution is 2.37. The van der Waals surface area contributed by atoms with E-state index in [9.17, 15) is 23.1 Å². The number of hydrogen-bond acceptors (Lipinski definition) is 5. The van der Waals surface area contributed by atoms with Crippen LogP contribution in [0.5, 0.6) is 5.88 Å². The molecular formula is C19H19F3N4O2S. The second-order valence-corrected chi connectivity index (χ2v) is 7.37. The third kappa shape index (κ3) is 4.76. The van der Waals surface area contributed by atoms with Gasteiger partial charge in [-0.15, -0.1) is 0 Å². The second kappa shape index (κ2) is 8.24. The van der Waals surface area contributed by atoms with Crippen LogP contribution in [0.25, 0.3) is 5.69 Å². The molecule has 0 atom stereocenters. The number of aromatic nitrogens is 3. The van der Waals surface area contributed by atoms with E-state index in [0.29, 0.717) is 18.1 Å². The first kappa shape index (κ1) is 20.8. The van der Waals surface area contributed by atoms with Crippen LogP contribution in [0.1, 0.15) is 18.2 Å². The average molecular weight is 424 g/mol. The number of anilines is 1. The maximum absolute atomic E-state index is 12.9. The van der Waals surface area contributed by atoms with E-state index < -0.39 is 11.2 Å². The number of hydrogen-bond donors (Lipinski definition) is 2. The Labute approximate surface area is 169 Å². The molecule has 0 saturated heterocycles. The van der Waals surface area contributed by atoms with Crippen molar-refractivity contribution in [2.45, 2.75) is 30.8 Å². The molecule has 0 unspecified atom stereocenters. The van der Waals surface area contributed by atoms with Gasteiger partial charge in [0.05, 0.1) is 17.9 Å². The monoisotopic (exact) mass is 424 g/mol. The fourth-order valence-electron chi connectivity index (χ4n) is 2.89. The summed E-state index contributed by atoms with van der Waals surface area (Å²) in [7, 11) is 0. The molecule has 6 nitrogen and oxygen atoms in total. The lowest BCUT2D eigenvalue weighted by Gasteiger charge is -2.07. The van der Waals surface area contributed by atoms with E-state index in [-0.39, 0.29) is 34.8 Å². The number of imidazole rings is 1. The molecule has 29 heavy (non-hydrogen) atoms. The molecule has 0 bridgehead atoms. The first-order valence-electron chi connectivity index (χ1n) is 8.75. The number of halogens is 3. The molecule has 0 fully saturated rings. The molecule has 3 rings (SSSR count). The number of rotatable bonds is 6. The van der Waals surface area contributed by atoms with Gasteiger partial charge in [0.15, 0.2) is 0 Å². The molecule has 2 N–H and O–H groups in total. The lowest BCUT2D eigenvalue weighted by atomic mass is 10.2. The van der Waals surface area contributed by atoms with E-state index in [4.69, 9.17) is 0 Å². The zero-order chi connectivity index (χ0) is 21.2. The first-order valence-corrected chi connectivity index (χ1v) is 9.57. The predicted octanol–water partition coefficient (Wildman–Crippen LogP) is 4.14. The van der Waals surface area contributed by atoms with Crippen molar-refractivity contribution in [3.05, 3.63) is 64.3 Å². The zero-order valence-electron chi connectivity index (χ0n) is 15.7. The molecule has 0 spiro atoms. The molecule has 0 amide bonds. The van der Waals surface area contributed by atoms with E-state index in [1.807, 2.05) is 13.0 Å². The summed E-state index contributed by atoms with van der Waals surface area (Å²) >= 11 is -0.239. The highest BCUT2D eigenvalue weighted by molar-refractivity contribution is 8.00. The number of thioether (sulfide) groups is 1. The van der Waals surface area contributed by atoms with Crippen LogP contribution in [0, 0.1) is 6.92 Å². The Morgan fingerprint density at radius 3 is 2.52 bits per heavy atom. The molecule has 0 aliphatic carbocycles. The summed E-state index contributed by atoms with van der Waals surface area (Å²) in [6, 6.07) is 8.84. The zero-order valence-corrected chi connectivity index (χ0v) is 16.5. The molecule has 2 heterocycles. The molecule has 0 aliphatic rings. The fraction of sp³-hybridized carbons (Fsp3) is 0.263. The number of benzene rings is 1. The molecule has 10 heteroatoms. The molecule has 1 aromatic carbocycles. The first-order chi connectivity index (χ1) is 13.7. The van der Waals surface area contributed by atoms with Crippen molar-refractivity contribution in [1.82, 2.24) is 14.1 Å². The van der Waals surface area contributed by atoms with Gasteiger partial charge in [-0.25, -0.2) is 14.3 Å². The van der Waals surface area contributed by atoms with Crippen LogP contribution in [0.2, 0.25) is 0 Å². The Bertz CT molecular complexity index is 1060. The highest BCUT2D eigenvalue weighted by Gasteiger charge is 2.29. The molecular weight excluding hydrogens is 405 g/mol. The Balaban J connectivity index is 1.93. The Morgan fingerprint density at radius 2 is 1.90 bits per heavy atom. The van der Waals surface area contributed by atoms with E-state index in [0.717, 1.165) is 10.1 Å². The van der Waals surface area contributed by atoms with Crippen molar-refractivity contribution < 1.29 is 18.3 Å². The summed E-state index contributed by atoms with van der Waals surface area (Å²) in [5, 5.41) is 13.5. The van der Waals surface area contributed by atoms with Gasteiger partial charge in [0.25, 0.3) is 0 Å². The van der Waals surface area contributed by atoms with Crippen LogP contribution in [-0.2, 0) is 6.54 Å². The maximum Gasteiger partial charge on any atom is 0.446 e. The van der Waals surface area contributed by atoms with Crippen molar-refractivity contribution in [2.24, 2.45) is 0 Å². The predicted molar refractivity (Wildman–Crippen MR) is 106 cm³/mol. The van der Waals surface area contributed by atoms with Gasteiger partial charge in [-0.3, -0.25) is 4.57 Å². The molecule has 2 aromatic heterocycles. The summed E-state index contributed by atoms with van der Waals surface area (Å²) in [5.41, 5.74) is -3.43. The van der Waals surface area contributed by atoms with Gasteiger partial charge in [0.2, 0.25) is 5.88 Å². The van der Waals surface area contributed by atoms with Crippen LogP contribution in [0.15, 0.2) is 52.3 Å². The van der Waals surface area contributed by atoms with Crippen molar-refractivity contribution in [1.29, 1.82) is 0 Å². The van der Waals surface area contributed by atoms with Crippen molar-refractivity contribution in [3.63, 3.8) is 0 Å². The number of pyridine rings is 1. The smallest absolute Gasteiger partial charge is 0.446 e. The third-order valence-corrected chi connectivity index (χ3v) is 4.95. The average Bonchev–Trinajstić information content (AvgIpc) is 2.85. The Morgan fingerprint density at radius 1 is 1.21 bits per heavy atom. The summed E-state index contributed by atoms with van der Waals surface area (Å²) in [6.07, 6.45) is 1.63. The SMILES string of the molecule is CCNc1cc(Cn2c(C)c(O)n(-c3ccc(SC(F)(F)F)cc3)c2=O)ccn1. The van der Waals surface area contributed by atoms with Crippen LogP contribution in [-0.4, -0.2) is 31.3 Å². The van der Waals surface area contributed by atoms with Gasteiger partial charge in [-0.1, -0.05) is 0 Å². The van der Waals surface area contributed by atoms with Gasteiger partial charge in [0.1, 0.15) is 5.82 Å². The largest absolute Gasteiger partial charge is 0.493 e. The maximum atomic E-state index is 12.9. The van der Waals surface area contributed by atoms with Gasteiger partial charge >= 0.3 is 11.2 Å². The van der Waals surface area contributed by atoms with E-state index in [2.05, 4.69) is 10.3 Å². The lowest BCUT2D eigenvalue weighted by molar-refractivity contribution is -0.0328. The minimum absolute atomic E-state index is 0.00215. The summed E-state index contributed by atoms with van der Waals surface area (Å²) in [6.45, 7) is 4.47. The summed E-state index contributed by atoms with van der Waals surface area (Å²) in [5.74, 6) is 0.421. The van der Waals surface area contributed by atoms with E-state index in [1.54, 1.807) is 19.2 Å². The van der Waals surface area contributed by atoms with Gasteiger partial charge in [0, 0.05) is 17.6 Å². The molecule has 0 radical (unpaired) electrons. The number of nitrogens with zero attached hydrogens (tertiary/aromatic N) is 3. The number of nitrogens with one attached hydrogen (secondary N) is 1. The van der Waals surface area contributed by atoms with Gasteiger partial charge in [-0.05, 0) is 67.6 Å². The minimum Gasteiger partial charge on any atom is -0.493 e. The van der Waals surface area contributed by atoms with Gasteiger partial charge in [-0.2, -0.15) is 13.2 Å². The molecule has 0 saturated carbocycles. The normalized spacial score (nSPS) is 11.6. The van der Waals surface area contributed by atoms with E-state index >= 15 is 0 Å². The van der Waals surface area contributed by atoms with Gasteiger partial charge < -0.3 is 10.4 Å². The van der Waals surface area contributed by atoms with Crippen LogP contribution < -0.4 is 11.0 Å². The van der Waals surface area contributed by atoms with E-state index in [1.165, 1.54) is 28.8 Å². The van der Waals surface area contributed by atoms with Crippen molar-refractivity contribution >= 4 is 17.6 Å². The Hall–Kier alpha value is -2.88. The fourth-order valence-corrected chi connectivity index (χ4v) is 3.43. The van der Waals surface area contributed by atoms with Crippen LogP contribution >= 0.6 is 11.8 Å². The Kier molecular flexibility index (Phi) is 5.92. The standard InChI is InChI=1S/C19H19F3N4O2S/c1-3-23-16-10-13(8-9-24-16)11-25-12(2)17(27)26(18(25)28)14-4-6-15(7-5-14)29-19(20,21)22/h4-10,27H,3,11H2,1-2H3,(H,23,24). The molecule has 154 valence electrons. The molecule has 0 aliphatic heterocycles. The molecule has 3 aromatic rings. The van der Waals surface area contributed by atoms with Crippen molar-refractivity contribution in [2.75, 3.05) is 11.9 Å². The lowest BCUT2D eigenvalue weighted by Crippen LogP contribution is -2.24. The summed E-state index contributed by atoms with van der Waals surface area (Å²) < 4.78 is 39.9. The summed E-state index contributed by atoms with van der Waals surface area (Å²) in [4.78, 5) is 17.1. The second-order valence-electron chi connectivity index (χ2n) is 6.23. The minimum atomic E-state index is -4.39. The quantitative estimate of drug-likeness (QED) is 0.582. The number of alkyl halides is 3. The topological polar surface area (TPSA) is 72.1 Å². The highest BCUT2D eigenvalue weighted by atomic mass is 32.2. The van der Waals surface area contributed by atoms with Crippen LogP contribution in [0.3, 0.4) is 0 Å². The van der Waals surface area contributed by atoms with Crippen molar-refractivity contribution in [3.8, 4) is 11.6 Å². The van der Waals surface area contributed by atoms with Crippen LogP contribution in [0.4, 0.5) is 19.0 Å². The number of aromatic hydroxyl groups is 1.